The minimum absolute atomic E-state index is 0.143. The van der Waals surface area contributed by atoms with Gasteiger partial charge in [-0.2, -0.15) is 8.42 Å². The summed E-state index contributed by atoms with van der Waals surface area (Å²) in [6.45, 7) is 5.78. The van der Waals surface area contributed by atoms with Crippen LogP contribution < -0.4 is 0 Å². The summed E-state index contributed by atoms with van der Waals surface area (Å²) in [5, 5.41) is 0. The predicted octanol–water partition coefficient (Wildman–Crippen LogP) is 2.09. The van der Waals surface area contributed by atoms with E-state index in [0.29, 0.717) is 0 Å². The standard InChI is InChI=1S/C11H14O.O2S/c1-4-10-7-11(9(3)12)6-5-8(10)2;1-3-2/h5-7H,4H2,1-3H3;. The maximum Gasteiger partial charge on any atom is 0.335 e. The van der Waals surface area contributed by atoms with Crippen LogP contribution in [-0.2, 0) is 18.0 Å². The molecule has 0 amide bonds. The average molecular weight is 226 g/mol. The van der Waals surface area contributed by atoms with E-state index in [2.05, 4.69) is 13.8 Å². The Morgan fingerprint density at radius 2 is 1.87 bits per heavy atom. The first-order valence-electron chi connectivity index (χ1n) is 4.59. The summed E-state index contributed by atoms with van der Waals surface area (Å²) in [7, 11) is 0. The molecule has 0 fully saturated rings. The molecule has 0 N–H and O–H groups in total. The minimum atomic E-state index is -0.750. The highest BCUT2D eigenvalue weighted by molar-refractivity contribution is 7.51. The molecule has 0 aliphatic heterocycles. The molecule has 0 radical (unpaired) electrons. The number of hydrogen-bond acceptors (Lipinski definition) is 3. The minimum Gasteiger partial charge on any atom is -0.295 e. The highest BCUT2D eigenvalue weighted by Gasteiger charge is 2.01. The zero-order chi connectivity index (χ0) is 11.8. The molecule has 0 aromatic heterocycles. The Kier molecular flexibility index (Phi) is 6.45. The summed E-state index contributed by atoms with van der Waals surface area (Å²) in [4.78, 5) is 11.0. The van der Waals surface area contributed by atoms with Crippen molar-refractivity contribution in [1.29, 1.82) is 0 Å². The number of hydrogen-bond donors (Lipinski definition) is 0. The van der Waals surface area contributed by atoms with Crippen LogP contribution in [0.15, 0.2) is 18.2 Å². The summed E-state index contributed by atoms with van der Waals surface area (Å²) in [5.41, 5.74) is 3.35. The fourth-order valence-electron chi connectivity index (χ4n) is 1.27. The van der Waals surface area contributed by atoms with Crippen LogP contribution in [0.3, 0.4) is 0 Å². The van der Waals surface area contributed by atoms with E-state index in [0.717, 1.165) is 12.0 Å². The molecule has 82 valence electrons. The lowest BCUT2D eigenvalue weighted by molar-refractivity contribution is 0.101. The SMILES string of the molecule is CCc1cc(C(C)=O)ccc1C.O=S=O. The van der Waals surface area contributed by atoms with Gasteiger partial charge in [-0.25, -0.2) is 0 Å². The van der Waals surface area contributed by atoms with Gasteiger partial charge in [0.2, 0.25) is 0 Å². The second-order valence-corrected chi connectivity index (χ2v) is 3.26. The molecule has 15 heavy (non-hydrogen) atoms. The van der Waals surface area contributed by atoms with Crippen LogP contribution in [0, 0.1) is 6.92 Å². The van der Waals surface area contributed by atoms with Crippen molar-refractivity contribution in [2.24, 2.45) is 0 Å². The molecular weight excluding hydrogens is 212 g/mol. The highest BCUT2D eigenvalue weighted by Crippen LogP contribution is 2.11. The first kappa shape index (κ1) is 13.7. The van der Waals surface area contributed by atoms with Crippen molar-refractivity contribution < 1.29 is 13.2 Å². The van der Waals surface area contributed by atoms with Gasteiger partial charge in [-0.1, -0.05) is 19.1 Å². The third-order valence-corrected chi connectivity index (χ3v) is 2.14. The summed E-state index contributed by atoms with van der Waals surface area (Å²) in [5.74, 6) is 0.143. The van der Waals surface area contributed by atoms with E-state index < -0.39 is 11.6 Å². The Bertz CT molecular complexity index is 379. The Morgan fingerprint density at radius 3 is 2.27 bits per heavy atom. The molecular formula is C11H14O3S. The predicted molar refractivity (Wildman–Crippen MR) is 59.5 cm³/mol. The van der Waals surface area contributed by atoms with Gasteiger partial charge in [-0.05, 0) is 37.5 Å². The van der Waals surface area contributed by atoms with Crippen molar-refractivity contribution in [3.8, 4) is 0 Å². The lowest BCUT2D eigenvalue weighted by Gasteiger charge is -2.03. The molecule has 1 rings (SSSR count). The van der Waals surface area contributed by atoms with E-state index in [-0.39, 0.29) is 5.78 Å². The molecule has 4 heteroatoms. The first-order valence-corrected chi connectivity index (χ1v) is 5.25. The van der Waals surface area contributed by atoms with Crippen LogP contribution in [0.1, 0.15) is 35.3 Å². The second-order valence-electron chi connectivity index (χ2n) is 3.12. The topological polar surface area (TPSA) is 51.2 Å². The van der Waals surface area contributed by atoms with E-state index in [1.165, 1.54) is 11.1 Å². The van der Waals surface area contributed by atoms with Gasteiger partial charge in [0.05, 0.1) is 0 Å². The van der Waals surface area contributed by atoms with Crippen molar-refractivity contribution in [2.75, 3.05) is 0 Å². The molecule has 1 aromatic carbocycles. The van der Waals surface area contributed by atoms with Gasteiger partial charge in [0.1, 0.15) is 0 Å². The number of carbonyl (C=O) groups excluding carboxylic acids is 1. The Balaban J connectivity index is 0.000000583. The van der Waals surface area contributed by atoms with Crippen LogP contribution in [-0.4, -0.2) is 14.2 Å². The van der Waals surface area contributed by atoms with Crippen LogP contribution >= 0.6 is 0 Å². The van der Waals surface area contributed by atoms with E-state index in [1.807, 2.05) is 18.2 Å². The lowest BCUT2D eigenvalue weighted by Crippen LogP contribution is -1.95. The fourth-order valence-corrected chi connectivity index (χ4v) is 1.27. The van der Waals surface area contributed by atoms with Gasteiger partial charge in [0, 0.05) is 5.56 Å². The number of benzene rings is 1. The van der Waals surface area contributed by atoms with Crippen molar-refractivity contribution in [3.63, 3.8) is 0 Å². The number of carbonyl (C=O) groups is 1. The largest absolute Gasteiger partial charge is 0.335 e. The molecule has 0 bridgehead atoms. The third-order valence-electron chi connectivity index (χ3n) is 2.14. The Hall–Kier alpha value is -1.29. The van der Waals surface area contributed by atoms with Crippen LogP contribution in [0.5, 0.6) is 0 Å². The van der Waals surface area contributed by atoms with E-state index in [1.54, 1.807) is 6.92 Å². The van der Waals surface area contributed by atoms with Crippen LogP contribution in [0.4, 0.5) is 0 Å². The fraction of sp³-hybridized carbons (Fsp3) is 0.364. The molecule has 1 aromatic rings. The summed E-state index contributed by atoms with van der Waals surface area (Å²) in [6.07, 6.45) is 0.993. The van der Waals surface area contributed by atoms with Crippen LogP contribution in [0.25, 0.3) is 0 Å². The highest BCUT2D eigenvalue weighted by atomic mass is 32.1. The first-order chi connectivity index (χ1) is 7.06. The normalized spacial score (nSPS) is 8.73. The summed E-state index contributed by atoms with van der Waals surface area (Å²) in [6, 6.07) is 5.88. The van der Waals surface area contributed by atoms with Gasteiger partial charge >= 0.3 is 11.6 Å². The van der Waals surface area contributed by atoms with Crippen molar-refractivity contribution in [2.45, 2.75) is 27.2 Å². The summed E-state index contributed by atoms with van der Waals surface area (Å²) >= 11 is -0.750. The van der Waals surface area contributed by atoms with E-state index >= 15 is 0 Å². The Labute approximate surface area is 93.1 Å². The van der Waals surface area contributed by atoms with E-state index in [4.69, 9.17) is 8.42 Å². The maximum atomic E-state index is 11.0. The number of ketones is 1. The monoisotopic (exact) mass is 226 g/mol. The molecule has 3 nitrogen and oxygen atoms in total. The second kappa shape index (κ2) is 7.06. The van der Waals surface area contributed by atoms with Gasteiger partial charge < -0.3 is 0 Å². The van der Waals surface area contributed by atoms with Gasteiger partial charge in [0.25, 0.3) is 0 Å². The molecule has 0 heterocycles. The van der Waals surface area contributed by atoms with E-state index in [9.17, 15) is 4.79 Å². The smallest absolute Gasteiger partial charge is 0.295 e. The number of rotatable bonds is 2. The average Bonchev–Trinajstić information content (AvgIpc) is 2.19. The third kappa shape index (κ3) is 4.65. The van der Waals surface area contributed by atoms with Crippen molar-refractivity contribution >= 4 is 17.4 Å². The number of Topliss-reactive ketones (excluding diaryl/α,β-unsaturated/α-hetero) is 1. The van der Waals surface area contributed by atoms with Crippen molar-refractivity contribution in [3.05, 3.63) is 34.9 Å². The maximum absolute atomic E-state index is 11.0. The zero-order valence-corrected chi connectivity index (χ0v) is 9.89. The zero-order valence-electron chi connectivity index (χ0n) is 9.07. The molecule has 0 saturated carbocycles. The summed E-state index contributed by atoms with van der Waals surface area (Å²) < 4.78 is 16.6. The molecule has 0 spiro atoms. The van der Waals surface area contributed by atoms with Gasteiger partial charge in [0.15, 0.2) is 5.78 Å². The van der Waals surface area contributed by atoms with Gasteiger partial charge in [-0.3, -0.25) is 4.79 Å². The molecule has 0 unspecified atom stereocenters. The molecule has 0 saturated heterocycles. The quantitative estimate of drug-likeness (QED) is 0.725. The molecule has 0 atom stereocenters. The molecule has 0 aliphatic rings. The van der Waals surface area contributed by atoms with Gasteiger partial charge in [-0.15, -0.1) is 0 Å². The van der Waals surface area contributed by atoms with Crippen molar-refractivity contribution in [1.82, 2.24) is 0 Å². The lowest BCUT2D eigenvalue weighted by atomic mass is 10.0. The Morgan fingerprint density at radius 1 is 1.33 bits per heavy atom. The number of aryl methyl sites for hydroxylation is 2. The molecule has 0 aliphatic carbocycles. The van der Waals surface area contributed by atoms with Crippen LogP contribution in [0.2, 0.25) is 0 Å².